The lowest BCUT2D eigenvalue weighted by molar-refractivity contribution is 0.573. The van der Waals surface area contributed by atoms with E-state index in [-0.39, 0.29) is 6.04 Å². The van der Waals surface area contributed by atoms with E-state index in [0.29, 0.717) is 5.02 Å². The van der Waals surface area contributed by atoms with Gasteiger partial charge in [0.15, 0.2) is 0 Å². The number of nitrogens with one attached hydrogen (secondary N) is 1. The van der Waals surface area contributed by atoms with Crippen LogP contribution in [-0.2, 0) is 7.05 Å². The number of hydrazine groups is 1. The zero-order chi connectivity index (χ0) is 12.4. The molecule has 2 rings (SSSR count). The number of aryl methyl sites for hydroxylation is 2. The minimum absolute atomic E-state index is 0.156. The third-order valence-electron chi connectivity index (χ3n) is 2.88. The van der Waals surface area contributed by atoms with Crippen molar-refractivity contribution >= 4 is 11.6 Å². The molecular formula is C12H15ClN4. The Bertz CT molecular complexity index is 501. The van der Waals surface area contributed by atoms with Crippen molar-refractivity contribution in [3.8, 4) is 0 Å². The highest BCUT2D eigenvalue weighted by molar-refractivity contribution is 6.31. The van der Waals surface area contributed by atoms with E-state index in [1.165, 1.54) is 0 Å². The third-order valence-corrected chi connectivity index (χ3v) is 3.17. The quantitative estimate of drug-likeness (QED) is 0.647. The Hall–Kier alpha value is -1.36. The fraction of sp³-hybridized carbons (Fsp3) is 0.250. The summed E-state index contributed by atoms with van der Waals surface area (Å²) in [6.45, 7) is 2.05. The highest BCUT2D eigenvalue weighted by Gasteiger charge is 2.20. The average molecular weight is 251 g/mol. The van der Waals surface area contributed by atoms with Crippen molar-refractivity contribution in [2.75, 3.05) is 0 Å². The summed E-state index contributed by atoms with van der Waals surface area (Å²) in [5, 5.41) is 4.74. The first-order valence-electron chi connectivity index (χ1n) is 5.34. The van der Waals surface area contributed by atoms with Gasteiger partial charge in [-0.2, -0.15) is 5.10 Å². The summed E-state index contributed by atoms with van der Waals surface area (Å²) in [6.07, 6.45) is 1.62. The molecule has 0 fully saturated rings. The lowest BCUT2D eigenvalue weighted by atomic mass is 9.99. The van der Waals surface area contributed by atoms with Crippen LogP contribution in [0.5, 0.6) is 0 Å². The third kappa shape index (κ3) is 2.20. The topological polar surface area (TPSA) is 55.9 Å². The maximum Gasteiger partial charge on any atom is 0.0895 e. The van der Waals surface area contributed by atoms with Crippen LogP contribution < -0.4 is 11.3 Å². The lowest BCUT2D eigenvalue weighted by Crippen LogP contribution is -2.31. The molecule has 0 radical (unpaired) electrons. The molecule has 4 nitrogen and oxygen atoms in total. The summed E-state index contributed by atoms with van der Waals surface area (Å²) in [5.74, 6) is 5.65. The second-order valence-electron chi connectivity index (χ2n) is 3.96. The van der Waals surface area contributed by atoms with Crippen molar-refractivity contribution in [1.29, 1.82) is 0 Å². The van der Waals surface area contributed by atoms with E-state index in [1.807, 2.05) is 38.2 Å². The molecule has 0 aliphatic rings. The van der Waals surface area contributed by atoms with Crippen molar-refractivity contribution in [3.63, 3.8) is 0 Å². The van der Waals surface area contributed by atoms with Gasteiger partial charge in [-0.3, -0.25) is 10.5 Å². The van der Waals surface area contributed by atoms with E-state index in [1.54, 1.807) is 10.9 Å². The molecule has 0 amide bonds. The summed E-state index contributed by atoms with van der Waals surface area (Å²) in [6, 6.07) is 7.90. The van der Waals surface area contributed by atoms with Gasteiger partial charge < -0.3 is 0 Å². The van der Waals surface area contributed by atoms with E-state index in [2.05, 4.69) is 10.5 Å². The summed E-state index contributed by atoms with van der Waals surface area (Å²) in [7, 11) is 1.85. The van der Waals surface area contributed by atoms with Crippen LogP contribution in [-0.4, -0.2) is 9.78 Å². The van der Waals surface area contributed by atoms with Crippen LogP contribution in [0.3, 0.4) is 0 Å². The highest BCUT2D eigenvalue weighted by atomic mass is 35.5. The number of benzene rings is 1. The first-order chi connectivity index (χ1) is 8.15. The van der Waals surface area contributed by atoms with E-state index >= 15 is 0 Å². The SMILES string of the molecule is Cc1ccccc1C(NN)c1c(Cl)cnn1C. The van der Waals surface area contributed by atoms with Crippen LogP contribution in [0.1, 0.15) is 22.9 Å². The Morgan fingerprint density at radius 1 is 1.41 bits per heavy atom. The minimum atomic E-state index is -0.156. The number of hydrogen-bond donors (Lipinski definition) is 2. The molecule has 0 bridgehead atoms. The van der Waals surface area contributed by atoms with Crippen molar-refractivity contribution < 1.29 is 0 Å². The number of rotatable bonds is 3. The molecular weight excluding hydrogens is 236 g/mol. The molecule has 1 atom stereocenters. The molecule has 2 aromatic rings. The van der Waals surface area contributed by atoms with E-state index < -0.39 is 0 Å². The van der Waals surface area contributed by atoms with Crippen molar-refractivity contribution in [2.24, 2.45) is 12.9 Å². The second kappa shape index (κ2) is 4.87. The van der Waals surface area contributed by atoms with Crippen LogP contribution in [0.4, 0.5) is 0 Å². The highest BCUT2D eigenvalue weighted by Crippen LogP contribution is 2.28. The number of nitrogens with zero attached hydrogens (tertiary/aromatic N) is 2. The fourth-order valence-electron chi connectivity index (χ4n) is 1.97. The minimum Gasteiger partial charge on any atom is -0.271 e. The monoisotopic (exact) mass is 250 g/mol. The molecule has 1 unspecified atom stereocenters. The maximum absolute atomic E-state index is 6.14. The average Bonchev–Trinajstić information content (AvgIpc) is 2.64. The molecule has 0 spiro atoms. The number of halogens is 1. The Morgan fingerprint density at radius 3 is 2.65 bits per heavy atom. The molecule has 90 valence electrons. The van der Waals surface area contributed by atoms with Crippen LogP contribution in [0.15, 0.2) is 30.5 Å². The van der Waals surface area contributed by atoms with Crippen LogP contribution in [0.2, 0.25) is 5.02 Å². The molecule has 0 saturated carbocycles. The van der Waals surface area contributed by atoms with Crippen molar-refractivity contribution in [1.82, 2.24) is 15.2 Å². The van der Waals surface area contributed by atoms with Crippen molar-refractivity contribution in [2.45, 2.75) is 13.0 Å². The number of aromatic nitrogens is 2. The summed E-state index contributed by atoms with van der Waals surface area (Å²) in [4.78, 5) is 0. The van der Waals surface area contributed by atoms with E-state index in [4.69, 9.17) is 17.4 Å². The number of nitrogens with two attached hydrogens (primary N) is 1. The van der Waals surface area contributed by atoms with Gasteiger partial charge in [0.2, 0.25) is 0 Å². The predicted molar refractivity (Wildman–Crippen MR) is 68.6 cm³/mol. The molecule has 1 heterocycles. The Kier molecular flexibility index (Phi) is 3.47. The van der Waals surface area contributed by atoms with Crippen molar-refractivity contribution in [3.05, 3.63) is 52.3 Å². The molecule has 3 N–H and O–H groups in total. The van der Waals surface area contributed by atoms with Crippen LogP contribution in [0, 0.1) is 6.92 Å². The van der Waals surface area contributed by atoms with Crippen LogP contribution >= 0.6 is 11.6 Å². The van der Waals surface area contributed by atoms with E-state index in [9.17, 15) is 0 Å². The van der Waals surface area contributed by atoms with Gasteiger partial charge in [0, 0.05) is 7.05 Å². The van der Waals surface area contributed by atoms with Gasteiger partial charge in [0.1, 0.15) is 0 Å². The van der Waals surface area contributed by atoms with Gasteiger partial charge in [-0.15, -0.1) is 0 Å². The predicted octanol–water partition coefficient (Wildman–Crippen LogP) is 1.93. The first kappa shape index (κ1) is 12.1. The Balaban J connectivity index is 2.52. The molecule has 1 aromatic heterocycles. The van der Waals surface area contributed by atoms with Gasteiger partial charge >= 0.3 is 0 Å². The van der Waals surface area contributed by atoms with E-state index in [0.717, 1.165) is 16.8 Å². The smallest absolute Gasteiger partial charge is 0.0895 e. The zero-order valence-electron chi connectivity index (χ0n) is 9.81. The lowest BCUT2D eigenvalue weighted by Gasteiger charge is -2.19. The fourth-order valence-corrected chi connectivity index (χ4v) is 2.25. The van der Waals surface area contributed by atoms with Gasteiger partial charge in [-0.25, -0.2) is 5.43 Å². The molecule has 17 heavy (non-hydrogen) atoms. The zero-order valence-corrected chi connectivity index (χ0v) is 10.6. The maximum atomic E-state index is 6.14. The number of hydrogen-bond acceptors (Lipinski definition) is 3. The van der Waals surface area contributed by atoms with Gasteiger partial charge in [-0.05, 0) is 18.1 Å². The molecule has 0 aliphatic heterocycles. The molecule has 5 heteroatoms. The van der Waals surface area contributed by atoms with Crippen LogP contribution in [0.25, 0.3) is 0 Å². The molecule has 1 aromatic carbocycles. The first-order valence-corrected chi connectivity index (χ1v) is 5.72. The Morgan fingerprint density at radius 2 is 2.12 bits per heavy atom. The molecule has 0 saturated heterocycles. The normalized spacial score (nSPS) is 12.7. The van der Waals surface area contributed by atoms with Gasteiger partial charge in [0.25, 0.3) is 0 Å². The summed E-state index contributed by atoms with van der Waals surface area (Å²) in [5.41, 5.74) is 5.92. The standard InChI is InChI=1S/C12H15ClN4/c1-8-5-3-4-6-9(8)11(16-14)12-10(13)7-15-17(12)2/h3-7,11,16H,14H2,1-2H3. The largest absolute Gasteiger partial charge is 0.271 e. The molecule has 0 aliphatic carbocycles. The Labute approximate surface area is 105 Å². The van der Waals surface area contributed by atoms with Gasteiger partial charge in [-0.1, -0.05) is 35.9 Å². The van der Waals surface area contributed by atoms with Gasteiger partial charge in [0.05, 0.1) is 23.0 Å². The summed E-state index contributed by atoms with van der Waals surface area (Å²) >= 11 is 6.14. The summed E-state index contributed by atoms with van der Waals surface area (Å²) < 4.78 is 1.74. The second-order valence-corrected chi connectivity index (χ2v) is 4.36.